The lowest BCUT2D eigenvalue weighted by molar-refractivity contribution is 0.102. The molecular weight excluding hydrogens is 348 g/mol. The van der Waals surface area contributed by atoms with Gasteiger partial charge in [0, 0.05) is 23.0 Å². The van der Waals surface area contributed by atoms with Crippen molar-refractivity contribution in [2.75, 3.05) is 5.32 Å². The number of hydrogen-bond donors (Lipinski definition) is 2. The van der Waals surface area contributed by atoms with Gasteiger partial charge >= 0.3 is 0 Å². The van der Waals surface area contributed by atoms with Gasteiger partial charge in [0.25, 0.3) is 5.91 Å². The smallest absolute Gasteiger partial charge is 0.255 e. The fourth-order valence-electron chi connectivity index (χ4n) is 2.98. The molecule has 0 aliphatic heterocycles. The average Bonchev–Trinajstić information content (AvgIpc) is 2.75. The van der Waals surface area contributed by atoms with Crippen LogP contribution in [0.2, 0.25) is 0 Å². The standard InChI is InChI=1S/C24H18N2O2/c27-23-15-10-17-6-4-5-9-21(17)22(23)16-25-19-11-13-20(14-12-19)26-24(28)18-7-2-1-3-8-18/h1-16,27H,(H,26,28). The first kappa shape index (κ1) is 17.5. The average molecular weight is 366 g/mol. The number of carbonyl (C=O) groups excluding carboxylic acids is 1. The Bertz CT molecular complexity index is 1150. The molecule has 0 radical (unpaired) electrons. The van der Waals surface area contributed by atoms with Crippen LogP contribution in [-0.4, -0.2) is 17.2 Å². The van der Waals surface area contributed by atoms with E-state index in [-0.39, 0.29) is 11.7 Å². The zero-order chi connectivity index (χ0) is 19.3. The summed E-state index contributed by atoms with van der Waals surface area (Å²) in [5.74, 6) is 0.0340. The van der Waals surface area contributed by atoms with Gasteiger partial charge in [-0.25, -0.2) is 0 Å². The molecule has 4 heteroatoms. The van der Waals surface area contributed by atoms with Crippen LogP contribution in [0.3, 0.4) is 0 Å². The number of benzene rings is 4. The molecule has 0 unspecified atom stereocenters. The molecule has 4 aromatic carbocycles. The van der Waals surface area contributed by atoms with E-state index in [9.17, 15) is 9.90 Å². The Balaban J connectivity index is 1.52. The van der Waals surface area contributed by atoms with Crippen molar-refractivity contribution in [1.29, 1.82) is 0 Å². The Labute approximate surface area is 162 Å². The van der Waals surface area contributed by atoms with E-state index in [1.807, 2.05) is 60.7 Å². The van der Waals surface area contributed by atoms with Crippen LogP contribution < -0.4 is 5.32 Å². The Morgan fingerprint density at radius 1 is 0.821 bits per heavy atom. The van der Waals surface area contributed by atoms with Gasteiger partial charge in [0.1, 0.15) is 5.75 Å². The highest BCUT2D eigenvalue weighted by molar-refractivity contribution is 6.04. The molecular formula is C24H18N2O2. The van der Waals surface area contributed by atoms with Gasteiger partial charge in [-0.3, -0.25) is 9.79 Å². The van der Waals surface area contributed by atoms with E-state index in [2.05, 4.69) is 10.3 Å². The molecule has 0 aromatic heterocycles. The lowest BCUT2D eigenvalue weighted by Crippen LogP contribution is -2.11. The van der Waals surface area contributed by atoms with Gasteiger partial charge in [-0.15, -0.1) is 0 Å². The van der Waals surface area contributed by atoms with E-state index >= 15 is 0 Å². The van der Waals surface area contributed by atoms with E-state index in [1.165, 1.54) is 0 Å². The molecule has 0 bridgehead atoms. The summed E-state index contributed by atoms with van der Waals surface area (Å²) >= 11 is 0. The summed E-state index contributed by atoms with van der Waals surface area (Å²) in [5, 5.41) is 15.0. The summed E-state index contributed by atoms with van der Waals surface area (Å²) in [5.41, 5.74) is 2.71. The second-order valence-electron chi connectivity index (χ2n) is 6.34. The Morgan fingerprint density at radius 3 is 2.32 bits per heavy atom. The van der Waals surface area contributed by atoms with E-state index in [1.54, 1.807) is 36.5 Å². The first-order chi connectivity index (χ1) is 13.7. The van der Waals surface area contributed by atoms with E-state index in [4.69, 9.17) is 0 Å². The van der Waals surface area contributed by atoms with Gasteiger partial charge in [0.2, 0.25) is 0 Å². The van der Waals surface area contributed by atoms with Crippen molar-refractivity contribution in [3.8, 4) is 5.75 Å². The molecule has 136 valence electrons. The maximum atomic E-state index is 12.2. The molecule has 0 heterocycles. The molecule has 0 saturated heterocycles. The third kappa shape index (κ3) is 3.76. The van der Waals surface area contributed by atoms with Gasteiger partial charge in [0.05, 0.1) is 5.69 Å². The molecule has 0 saturated carbocycles. The number of aromatic hydroxyl groups is 1. The molecule has 0 spiro atoms. The van der Waals surface area contributed by atoms with Crippen molar-refractivity contribution in [2.45, 2.75) is 0 Å². The van der Waals surface area contributed by atoms with Crippen molar-refractivity contribution in [3.05, 3.63) is 102 Å². The van der Waals surface area contributed by atoms with Crippen LogP contribution in [0.15, 0.2) is 96.0 Å². The normalized spacial score (nSPS) is 11.0. The van der Waals surface area contributed by atoms with Crippen LogP contribution in [0, 0.1) is 0 Å². The Hall–Kier alpha value is -3.92. The number of amides is 1. The molecule has 2 N–H and O–H groups in total. The minimum absolute atomic E-state index is 0.155. The molecule has 4 rings (SSSR count). The topological polar surface area (TPSA) is 61.7 Å². The zero-order valence-corrected chi connectivity index (χ0v) is 15.0. The summed E-state index contributed by atoms with van der Waals surface area (Å²) < 4.78 is 0. The monoisotopic (exact) mass is 366 g/mol. The second-order valence-corrected chi connectivity index (χ2v) is 6.34. The number of rotatable bonds is 4. The number of aliphatic imine (C=N–C) groups is 1. The number of phenols is 1. The highest BCUT2D eigenvalue weighted by Crippen LogP contribution is 2.26. The molecule has 28 heavy (non-hydrogen) atoms. The third-order valence-corrected chi connectivity index (χ3v) is 4.45. The molecule has 0 aliphatic carbocycles. The number of phenolic OH excluding ortho intramolecular Hbond substituents is 1. The van der Waals surface area contributed by atoms with E-state index in [0.717, 1.165) is 16.5 Å². The molecule has 4 aromatic rings. The predicted octanol–water partition coefficient (Wildman–Crippen LogP) is 5.55. The van der Waals surface area contributed by atoms with Gasteiger partial charge in [-0.2, -0.15) is 0 Å². The highest BCUT2D eigenvalue weighted by atomic mass is 16.3. The van der Waals surface area contributed by atoms with Crippen molar-refractivity contribution >= 4 is 34.3 Å². The predicted molar refractivity (Wildman–Crippen MR) is 114 cm³/mol. The number of nitrogens with zero attached hydrogens (tertiary/aromatic N) is 1. The summed E-state index contributed by atoms with van der Waals surface area (Å²) in [7, 11) is 0. The number of anilines is 1. The van der Waals surface area contributed by atoms with Crippen LogP contribution in [0.1, 0.15) is 15.9 Å². The minimum atomic E-state index is -0.155. The first-order valence-electron chi connectivity index (χ1n) is 8.92. The van der Waals surface area contributed by atoms with Crippen molar-refractivity contribution in [2.24, 2.45) is 4.99 Å². The van der Waals surface area contributed by atoms with Crippen LogP contribution in [0.5, 0.6) is 5.75 Å². The van der Waals surface area contributed by atoms with Gasteiger partial charge in [-0.05, 0) is 53.2 Å². The Morgan fingerprint density at radius 2 is 1.54 bits per heavy atom. The molecule has 0 atom stereocenters. The largest absolute Gasteiger partial charge is 0.507 e. The molecule has 4 nitrogen and oxygen atoms in total. The van der Waals surface area contributed by atoms with Crippen LogP contribution in [0.4, 0.5) is 11.4 Å². The van der Waals surface area contributed by atoms with Crippen LogP contribution >= 0.6 is 0 Å². The fourth-order valence-corrected chi connectivity index (χ4v) is 2.98. The van der Waals surface area contributed by atoms with E-state index in [0.29, 0.717) is 16.8 Å². The van der Waals surface area contributed by atoms with Gasteiger partial charge in [0.15, 0.2) is 0 Å². The maximum Gasteiger partial charge on any atom is 0.255 e. The maximum absolute atomic E-state index is 12.2. The highest BCUT2D eigenvalue weighted by Gasteiger charge is 2.06. The Kier molecular flexibility index (Phi) is 4.85. The minimum Gasteiger partial charge on any atom is -0.507 e. The summed E-state index contributed by atoms with van der Waals surface area (Å²) in [6, 6.07) is 27.7. The zero-order valence-electron chi connectivity index (χ0n) is 15.0. The summed E-state index contributed by atoms with van der Waals surface area (Å²) in [6.45, 7) is 0. The number of nitrogens with one attached hydrogen (secondary N) is 1. The van der Waals surface area contributed by atoms with Crippen molar-refractivity contribution in [1.82, 2.24) is 0 Å². The molecule has 1 amide bonds. The number of hydrogen-bond acceptors (Lipinski definition) is 3. The lowest BCUT2D eigenvalue weighted by Gasteiger charge is -2.06. The summed E-state index contributed by atoms with van der Waals surface area (Å²) in [6.07, 6.45) is 1.66. The summed E-state index contributed by atoms with van der Waals surface area (Å²) in [4.78, 5) is 16.7. The quantitative estimate of drug-likeness (QED) is 0.465. The van der Waals surface area contributed by atoms with Gasteiger partial charge in [-0.1, -0.05) is 48.5 Å². The lowest BCUT2D eigenvalue weighted by atomic mass is 10.0. The van der Waals surface area contributed by atoms with Gasteiger partial charge < -0.3 is 10.4 Å². The number of fused-ring (bicyclic) bond motifs is 1. The second kappa shape index (κ2) is 7.76. The molecule has 0 aliphatic rings. The van der Waals surface area contributed by atoms with Crippen molar-refractivity contribution in [3.63, 3.8) is 0 Å². The van der Waals surface area contributed by atoms with Crippen LogP contribution in [-0.2, 0) is 0 Å². The first-order valence-corrected chi connectivity index (χ1v) is 8.92. The van der Waals surface area contributed by atoms with E-state index < -0.39 is 0 Å². The fraction of sp³-hybridized carbons (Fsp3) is 0. The van der Waals surface area contributed by atoms with Crippen LogP contribution in [0.25, 0.3) is 10.8 Å². The molecule has 0 fully saturated rings. The third-order valence-electron chi connectivity index (χ3n) is 4.45. The number of carbonyl (C=O) groups is 1. The SMILES string of the molecule is O=C(Nc1ccc(N=Cc2c(O)ccc3ccccc23)cc1)c1ccccc1. The van der Waals surface area contributed by atoms with Crippen molar-refractivity contribution < 1.29 is 9.90 Å².